The zero-order chi connectivity index (χ0) is 19.6. The second-order valence-corrected chi connectivity index (χ2v) is 6.14. The van der Waals surface area contributed by atoms with Gasteiger partial charge in [-0.25, -0.2) is 0 Å². The second kappa shape index (κ2) is 10.0. The van der Waals surface area contributed by atoms with Gasteiger partial charge in [0, 0.05) is 6.08 Å². The highest BCUT2D eigenvalue weighted by Gasteiger charge is 2.00. The molecule has 140 valence electrons. The highest BCUT2D eigenvalue weighted by atomic mass is 16.5. The largest absolute Gasteiger partial charge is 0.508 e. The fraction of sp³-hybridized carbons (Fsp3) is 0.174. The fourth-order valence-corrected chi connectivity index (χ4v) is 2.16. The summed E-state index contributed by atoms with van der Waals surface area (Å²) in [6.45, 7) is 4.09. The molecule has 0 aliphatic heterocycles. The monoisotopic (exact) mass is 364 g/mol. The first-order valence-electron chi connectivity index (χ1n) is 8.83. The van der Waals surface area contributed by atoms with Crippen molar-refractivity contribution in [2.75, 3.05) is 0 Å². The highest BCUT2D eigenvalue weighted by molar-refractivity contribution is 6.02. The van der Waals surface area contributed by atoms with Crippen LogP contribution in [0.1, 0.15) is 31.4 Å². The molecule has 2 rings (SSSR count). The summed E-state index contributed by atoms with van der Waals surface area (Å²) in [5.74, 6) is 0.509. The SMILES string of the molecule is CCC(C)Oc1ccc(/C=C/C(O)=C/C(=O)/C=C/c2ccc(O)cc2)cc1. The summed E-state index contributed by atoms with van der Waals surface area (Å²) in [7, 11) is 0. The number of aliphatic hydroxyl groups excluding tert-OH is 1. The third-order valence-electron chi connectivity index (χ3n) is 3.86. The van der Waals surface area contributed by atoms with Crippen LogP contribution in [0.5, 0.6) is 11.5 Å². The van der Waals surface area contributed by atoms with Crippen LogP contribution in [-0.4, -0.2) is 22.1 Å². The Labute approximate surface area is 159 Å². The predicted molar refractivity (Wildman–Crippen MR) is 109 cm³/mol. The van der Waals surface area contributed by atoms with Crippen LogP contribution in [0.25, 0.3) is 12.2 Å². The molecule has 0 aromatic heterocycles. The van der Waals surface area contributed by atoms with Gasteiger partial charge < -0.3 is 14.9 Å². The normalized spacial score (nSPS) is 13.2. The molecule has 0 spiro atoms. The quantitative estimate of drug-likeness (QED) is 0.378. The number of allylic oxidation sites excluding steroid dienone is 3. The smallest absolute Gasteiger partial charge is 0.182 e. The molecule has 1 unspecified atom stereocenters. The number of phenols is 1. The number of carbonyl (C=O) groups excluding carboxylic acids is 1. The van der Waals surface area contributed by atoms with Crippen LogP contribution in [0.4, 0.5) is 0 Å². The Morgan fingerprint density at radius 2 is 1.56 bits per heavy atom. The van der Waals surface area contributed by atoms with E-state index in [1.165, 1.54) is 12.2 Å². The Bertz CT molecular complexity index is 828. The minimum absolute atomic E-state index is 0.129. The van der Waals surface area contributed by atoms with Crippen molar-refractivity contribution in [3.05, 3.63) is 83.6 Å². The zero-order valence-electron chi connectivity index (χ0n) is 15.5. The molecular formula is C23H24O4. The van der Waals surface area contributed by atoms with E-state index in [4.69, 9.17) is 4.74 Å². The Morgan fingerprint density at radius 1 is 1.00 bits per heavy atom. The molecule has 0 amide bonds. The number of aromatic hydroxyl groups is 1. The third kappa shape index (κ3) is 7.24. The summed E-state index contributed by atoms with van der Waals surface area (Å²) < 4.78 is 5.72. The molecule has 2 N–H and O–H groups in total. The van der Waals surface area contributed by atoms with Crippen LogP contribution in [-0.2, 0) is 4.79 Å². The van der Waals surface area contributed by atoms with Crippen LogP contribution >= 0.6 is 0 Å². The molecule has 2 aromatic rings. The van der Waals surface area contributed by atoms with Crippen LogP contribution in [0.2, 0.25) is 0 Å². The van der Waals surface area contributed by atoms with Crippen molar-refractivity contribution < 1.29 is 19.7 Å². The molecule has 27 heavy (non-hydrogen) atoms. The first kappa shape index (κ1) is 20.0. The lowest BCUT2D eigenvalue weighted by Gasteiger charge is -2.12. The Hall–Kier alpha value is -3.27. The lowest BCUT2D eigenvalue weighted by molar-refractivity contribution is -0.110. The number of aliphatic hydroxyl groups is 1. The van der Waals surface area contributed by atoms with Gasteiger partial charge in [-0.2, -0.15) is 0 Å². The average Bonchev–Trinajstić information content (AvgIpc) is 2.67. The van der Waals surface area contributed by atoms with Gasteiger partial charge in [0.05, 0.1) is 6.10 Å². The number of ketones is 1. The van der Waals surface area contributed by atoms with Crippen molar-refractivity contribution in [2.45, 2.75) is 26.4 Å². The summed E-state index contributed by atoms with van der Waals surface area (Å²) in [5, 5.41) is 19.1. The maximum absolute atomic E-state index is 11.9. The molecule has 0 radical (unpaired) electrons. The summed E-state index contributed by atoms with van der Waals surface area (Å²) >= 11 is 0. The van der Waals surface area contributed by atoms with E-state index in [2.05, 4.69) is 6.92 Å². The van der Waals surface area contributed by atoms with Gasteiger partial charge in [0.15, 0.2) is 5.78 Å². The minimum Gasteiger partial charge on any atom is -0.508 e. The van der Waals surface area contributed by atoms with Crippen molar-refractivity contribution in [1.82, 2.24) is 0 Å². The van der Waals surface area contributed by atoms with Crippen LogP contribution < -0.4 is 4.74 Å². The average molecular weight is 364 g/mol. The van der Waals surface area contributed by atoms with Gasteiger partial charge in [-0.1, -0.05) is 43.3 Å². The molecule has 0 saturated heterocycles. The Morgan fingerprint density at radius 3 is 2.15 bits per heavy atom. The Kier molecular flexibility index (Phi) is 7.44. The minimum atomic E-state index is -0.331. The molecule has 0 saturated carbocycles. The van der Waals surface area contributed by atoms with Gasteiger partial charge in [0.25, 0.3) is 0 Å². The van der Waals surface area contributed by atoms with Crippen molar-refractivity contribution in [3.63, 3.8) is 0 Å². The van der Waals surface area contributed by atoms with Gasteiger partial charge >= 0.3 is 0 Å². The van der Waals surface area contributed by atoms with Crippen LogP contribution in [0.15, 0.2) is 72.5 Å². The van der Waals surface area contributed by atoms with Crippen molar-refractivity contribution in [3.8, 4) is 11.5 Å². The first-order chi connectivity index (χ1) is 13.0. The fourth-order valence-electron chi connectivity index (χ4n) is 2.16. The topological polar surface area (TPSA) is 66.8 Å². The maximum atomic E-state index is 11.9. The number of ether oxygens (including phenoxy) is 1. The number of rotatable bonds is 8. The molecule has 1 atom stereocenters. The lowest BCUT2D eigenvalue weighted by atomic mass is 10.1. The van der Waals surface area contributed by atoms with Gasteiger partial charge in [0.2, 0.25) is 0 Å². The molecule has 0 aliphatic rings. The maximum Gasteiger partial charge on any atom is 0.182 e. The van der Waals surface area contributed by atoms with E-state index in [1.807, 2.05) is 31.2 Å². The number of phenolic OH excluding ortho intramolecular Hbond substituents is 1. The van der Waals surface area contributed by atoms with Crippen LogP contribution in [0.3, 0.4) is 0 Å². The summed E-state index contributed by atoms with van der Waals surface area (Å²) in [6.07, 6.45) is 8.41. The van der Waals surface area contributed by atoms with E-state index in [0.717, 1.165) is 29.4 Å². The van der Waals surface area contributed by atoms with E-state index in [9.17, 15) is 15.0 Å². The van der Waals surface area contributed by atoms with E-state index in [1.54, 1.807) is 36.4 Å². The van der Waals surface area contributed by atoms with E-state index >= 15 is 0 Å². The molecule has 2 aromatic carbocycles. The van der Waals surface area contributed by atoms with Gasteiger partial charge in [-0.3, -0.25) is 4.79 Å². The van der Waals surface area contributed by atoms with Crippen molar-refractivity contribution in [1.29, 1.82) is 0 Å². The molecule has 0 aliphatic carbocycles. The summed E-state index contributed by atoms with van der Waals surface area (Å²) in [4.78, 5) is 11.9. The van der Waals surface area contributed by atoms with Crippen LogP contribution in [0, 0.1) is 0 Å². The summed E-state index contributed by atoms with van der Waals surface area (Å²) in [5.41, 5.74) is 1.67. The molecule has 0 bridgehead atoms. The van der Waals surface area contributed by atoms with Crippen molar-refractivity contribution in [2.24, 2.45) is 0 Å². The Balaban J connectivity index is 1.93. The van der Waals surface area contributed by atoms with E-state index in [0.29, 0.717) is 0 Å². The van der Waals surface area contributed by atoms with E-state index < -0.39 is 0 Å². The zero-order valence-corrected chi connectivity index (χ0v) is 15.5. The second-order valence-electron chi connectivity index (χ2n) is 6.14. The third-order valence-corrected chi connectivity index (χ3v) is 3.86. The molecule has 0 fully saturated rings. The summed E-state index contributed by atoms with van der Waals surface area (Å²) in [6, 6.07) is 14.0. The van der Waals surface area contributed by atoms with Gasteiger partial charge in [-0.15, -0.1) is 0 Å². The standard InChI is InChI=1S/C23H24O4/c1-3-17(2)27-23-14-8-19(9-15-23)7-13-22(26)16-21(25)12-6-18-4-10-20(24)11-5-18/h4-17,24,26H,3H2,1-2H3/b12-6+,13-7+,22-16-. The highest BCUT2D eigenvalue weighted by Crippen LogP contribution is 2.16. The van der Waals surface area contributed by atoms with Gasteiger partial charge in [-0.05, 0) is 60.9 Å². The first-order valence-corrected chi connectivity index (χ1v) is 8.83. The molecular weight excluding hydrogens is 340 g/mol. The number of hydrogen-bond donors (Lipinski definition) is 2. The van der Waals surface area contributed by atoms with Crippen molar-refractivity contribution >= 4 is 17.9 Å². The molecule has 0 heterocycles. The molecule has 4 nitrogen and oxygen atoms in total. The van der Waals surface area contributed by atoms with Gasteiger partial charge in [0.1, 0.15) is 17.3 Å². The van der Waals surface area contributed by atoms with E-state index in [-0.39, 0.29) is 23.4 Å². The molecule has 4 heteroatoms. The number of carbonyl (C=O) groups is 1. The number of hydrogen-bond acceptors (Lipinski definition) is 4. The number of benzene rings is 2. The lowest BCUT2D eigenvalue weighted by Crippen LogP contribution is -2.09. The predicted octanol–water partition coefficient (Wildman–Crippen LogP) is 5.31.